The number of hydrogen-bond donors (Lipinski definition) is 0. The molecule has 4 nitrogen and oxygen atoms in total. The number of nitrogens with zero attached hydrogens (tertiary/aromatic N) is 1. The average Bonchev–Trinajstić information content (AvgIpc) is 1.85. The Kier molecular flexibility index (Phi) is 1.76. The van der Waals surface area contributed by atoms with Gasteiger partial charge in [0.25, 0.3) is 0 Å². The zero-order valence-electron chi connectivity index (χ0n) is 5.53. The van der Waals surface area contributed by atoms with Crippen LogP contribution in [0.4, 0.5) is 4.79 Å². The lowest BCUT2D eigenvalue weighted by Gasteiger charge is -2.18. The molecule has 2 atom stereocenters. The van der Waals surface area contributed by atoms with E-state index in [0.29, 0.717) is 6.42 Å². The summed E-state index contributed by atoms with van der Waals surface area (Å²) in [5.41, 5.74) is 0. The van der Waals surface area contributed by atoms with Crippen LogP contribution in [0.25, 0.3) is 4.85 Å². The molecule has 0 aromatic rings. The second kappa shape index (κ2) is 2.56. The molecule has 0 spiro atoms. The summed E-state index contributed by atoms with van der Waals surface area (Å²) < 4.78 is 9.10. The summed E-state index contributed by atoms with van der Waals surface area (Å²) in [5, 5.41) is 0. The molecule has 2 unspecified atom stereocenters. The van der Waals surface area contributed by atoms with E-state index in [1.807, 2.05) is 0 Å². The standard InChI is InChI=1S/C6H7NO3/c1-4-3-5(7-2)10-6(8)9-4/h4-5H,3H2,1H3. The molecule has 0 saturated carbocycles. The molecule has 1 saturated heterocycles. The van der Waals surface area contributed by atoms with Gasteiger partial charge in [0.2, 0.25) is 0 Å². The second-order valence-electron chi connectivity index (χ2n) is 2.12. The summed E-state index contributed by atoms with van der Waals surface area (Å²) in [4.78, 5) is 13.5. The van der Waals surface area contributed by atoms with Crippen molar-refractivity contribution in [2.75, 3.05) is 0 Å². The molecule has 0 aliphatic carbocycles. The average molecular weight is 141 g/mol. The van der Waals surface area contributed by atoms with Crippen LogP contribution < -0.4 is 0 Å². The number of hydrogen-bond acceptors (Lipinski definition) is 3. The molecule has 0 N–H and O–H groups in total. The fourth-order valence-corrected chi connectivity index (χ4v) is 0.762. The zero-order chi connectivity index (χ0) is 7.56. The molecule has 1 aliphatic rings. The minimum Gasteiger partial charge on any atom is -0.431 e. The van der Waals surface area contributed by atoms with Crippen LogP contribution in [0.1, 0.15) is 13.3 Å². The molecule has 1 rings (SSSR count). The molecule has 1 heterocycles. The highest BCUT2D eigenvalue weighted by Gasteiger charge is 2.30. The van der Waals surface area contributed by atoms with E-state index in [9.17, 15) is 4.79 Å². The molecule has 0 aromatic heterocycles. The largest absolute Gasteiger partial charge is 0.514 e. The van der Waals surface area contributed by atoms with Gasteiger partial charge in [-0.05, 0) is 6.92 Å². The first-order chi connectivity index (χ1) is 4.72. The number of carbonyl (C=O) groups is 1. The topological polar surface area (TPSA) is 39.9 Å². The van der Waals surface area contributed by atoms with Crippen molar-refractivity contribution >= 4 is 6.16 Å². The van der Waals surface area contributed by atoms with E-state index in [4.69, 9.17) is 6.57 Å². The van der Waals surface area contributed by atoms with Gasteiger partial charge < -0.3 is 9.47 Å². The molecule has 1 fully saturated rings. The number of ether oxygens (including phenoxy) is 2. The predicted octanol–water partition coefficient (Wildman–Crippen LogP) is 1.18. The molecular weight excluding hydrogens is 134 g/mol. The lowest BCUT2D eigenvalue weighted by molar-refractivity contribution is -0.0392. The van der Waals surface area contributed by atoms with E-state index in [1.54, 1.807) is 6.92 Å². The lowest BCUT2D eigenvalue weighted by Crippen LogP contribution is -2.30. The summed E-state index contributed by atoms with van der Waals surface area (Å²) >= 11 is 0. The Bertz CT molecular complexity index is 184. The molecule has 4 heteroatoms. The van der Waals surface area contributed by atoms with Gasteiger partial charge in [-0.25, -0.2) is 11.4 Å². The van der Waals surface area contributed by atoms with E-state index < -0.39 is 12.4 Å². The molecule has 0 radical (unpaired) electrons. The van der Waals surface area contributed by atoms with Crippen molar-refractivity contribution in [3.63, 3.8) is 0 Å². The molecule has 0 bridgehead atoms. The predicted molar refractivity (Wildman–Crippen MR) is 32.0 cm³/mol. The minimum atomic E-state index is -0.736. The third-order valence-electron chi connectivity index (χ3n) is 1.21. The Morgan fingerprint density at radius 2 is 2.40 bits per heavy atom. The van der Waals surface area contributed by atoms with Crippen molar-refractivity contribution < 1.29 is 14.3 Å². The molecule has 54 valence electrons. The highest BCUT2D eigenvalue weighted by molar-refractivity contribution is 5.61. The molecule has 1 aliphatic heterocycles. The van der Waals surface area contributed by atoms with Crippen molar-refractivity contribution in [2.45, 2.75) is 25.7 Å². The van der Waals surface area contributed by atoms with Crippen LogP contribution in [0.15, 0.2) is 0 Å². The van der Waals surface area contributed by atoms with Gasteiger partial charge in [0.15, 0.2) is 0 Å². The summed E-state index contributed by atoms with van der Waals surface area (Å²) in [6.07, 6.45) is -1.11. The van der Waals surface area contributed by atoms with Crippen LogP contribution in [0.5, 0.6) is 0 Å². The molecule has 0 amide bonds. The Morgan fingerprint density at radius 3 is 2.90 bits per heavy atom. The first-order valence-electron chi connectivity index (χ1n) is 2.96. The van der Waals surface area contributed by atoms with Crippen molar-refractivity contribution in [3.8, 4) is 0 Å². The van der Waals surface area contributed by atoms with Crippen molar-refractivity contribution in [2.24, 2.45) is 0 Å². The number of carbonyl (C=O) groups excluding carboxylic acids is 1. The Balaban J connectivity index is 2.52. The van der Waals surface area contributed by atoms with Crippen molar-refractivity contribution in [1.29, 1.82) is 0 Å². The van der Waals surface area contributed by atoms with Crippen molar-refractivity contribution in [1.82, 2.24) is 0 Å². The zero-order valence-corrected chi connectivity index (χ0v) is 5.53. The summed E-state index contributed by atoms with van der Waals surface area (Å²) in [6, 6.07) is 0. The summed E-state index contributed by atoms with van der Waals surface area (Å²) in [5.74, 6) is 0. The Labute approximate surface area is 58.5 Å². The second-order valence-corrected chi connectivity index (χ2v) is 2.12. The highest BCUT2D eigenvalue weighted by atomic mass is 16.7. The fourth-order valence-electron chi connectivity index (χ4n) is 0.762. The minimum absolute atomic E-state index is 0.194. The van der Waals surface area contributed by atoms with E-state index in [-0.39, 0.29) is 6.10 Å². The number of cyclic esters (lactones) is 2. The van der Waals surface area contributed by atoms with Crippen LogP contribution in [-0.4, -0.2) is 18.5 Å². The Hall–Kier alpha value is -1.24. The van der Waals surface area contributed by atoms with Gasteiger partial charge in [0.05, 0.1) is 6.42 Å². The van der Waals surface area contributed by atoms with Crippen LogP contribution in [0.3, 0.4) is 0 Å². The lowest BCUT2D eigenvalue weighted by atomic mass is 10.2. The van der Waals surface area contributed by atoms with Gasteiger partial charge >= 0.3 is 12.4 Å². The van der Waals surface area contributed by atoms with Crippen LogP contribution in [0.2, 0.25) is 0 Å². The normalized spacial score (nSPS) is 31.8. The molecule has 10 heavy (non-hydrogen) atoms. The van der Waals surface area contributed by atoms with E-state index in [2.05, 4.69) is 14.3 Å². The molecule has 0 aromatic carbocycles. The van der Waals surface area contributed by atoms with E-state index in [1.165, 1.54) is 0 Å². The van der Waals surface area contributed by atoms with Gasteiger partial charge in [-0.1, -0.05) is 0 Å². The van der Waals surface area contributed by atoms with Gasteiger partial charge in [-0.2, -0.15) is 0 Å². The fraction of sp³-hybridized carbons (Fsp3) is 0.667. The SMILES string of the molecule is [C-]#[N+]C1CC(C)OC(=O)O1. The summed E-state index contributed by atoms with van der Waals surface area (Å²) in [6.45, 7) is 8.30. The summed E-state index contributed by atoms with van der Waals surface area (Å²) in [7, 11) is 0. The third-order valence-corrected chi connectivity index (χ3v) is 1.21. The first kappa shape index (κ1) is 6.87. The monoisotopic (exact) mass is 141 g/mol. The maximum absolute atomic E-state index is 10.5. The van der Waals surface area contributed by atoms with E-state index in [0.717, 1.165) is 0 Å². The smallest absolute Gasteiger partial charge is 0.431 e. The van der Waals surface area contributed by atoms with Gasteiger partial charge in [0, 0.05) is 0 Å². The van der Waals surface area contributed by atoms with Crippen LogP contribution >= 0.6 is 0 Å². The van der Waals surface area contributed by atoms with Gasteiger partial charge in [-0.3, -0.25) is 4.85 Å². The quantitative estimate of drug-likeness (QED) is 0.375. The maximum Gasteiger partial charge on any atom is 0.514 e. The van der Waals surface area contributed by atoms with E-state index >= 15 is 0 Å². The van der Waals surface area contributed by atoms with Crippen LogP contribution in [0, 0.1) is 6.57 Å². The Morgan fingerprint density at radius 1 is 1.70 bits per heavy atom. The van der Waals surface area contributed by atoms with Gasteiger partial charge in [-0.15, -0.1) is 0 Å². The maximum atomic E-state index is 10.5. The number of rotatable bonds is 0. The highest BCUT2D eigenvalue weighted by Crippen LogP contribution is 2.14. The third kappa shape index (κ3) is 1.38. The van der Waals surface area contributed by atoms with Crippen LogP contribution in [-0.2, 0) is 9.47 Å². The first-order valence-corrected chi connectivity index (χ1v) is 2.96. The molecular formula is C6H7NO3. The van der Waals surface area contributed by atoms with Crippen molar-refractivity contribution in [3.05, 3.63) is 11.4 Å². The van der Waals surface area contributed by atoms with Gasteiger partial charge in [0.1, 0.15) is 6.10 Å².